The topological polar surface area (TPSA) is 210 Å². The Labute approximate surface area is 288 Å². The van der Waals surface area contributed by atoms with E-state index in [1.165, 1.54) is 0 Å². The Hall–Kier alpha value is -5.54. The molecule has 0 aliphatic rings. The number of hydrogen-bond acceptors (Lipinski definition) is 10. The number of anilines is 2. The lowest BCUT2D eigenvalue weighted by Gasteiger charge is -2.13. The maximum atomic E-state index is 12.2. The van der Waals surface area contributed by atoms with Gasteiger partial charge in [-0.3, -0.25) is 9.11 Å². The van der Waals surface area contributed by atoms with E-state index in [0.717, 1.165) is 33.4 Å². The van der Waals surface area contributed by atoms with Crippen molar-refractivity contribution in [3.8, 4) is 11.1 Å². The summed E-state index contributed by atoms with van der Waals surface area (Å²) in [5.74, 6) is 0. The number of rotatable bonds is 7. The number of azo groups is 2. The molecule has 12 nitrogen and oxygen atoms in total. The average Bonchev–Trinajstić information content (AvgIpc) is 3.02. The molecule has 0 aliphatic carbocycles. The molecule has 0 unspecified atom stereocenters. The van der Waals surface area contributed by atoms with Crippen LogP contribution in [-0.2, 0) is 20.2 Å². The monoisotopic (exact) mass is 708 g/mol. The lowest BCUT2D eigenvalue weighted by atomic mass is 9.95. The lowest BCUT2D eigenvalue weighted by Crippen LogP contribution is -2.04. The second kappa shape index (κ2) is 12.7. The van der Waals surface area contributed by atoms with E-state index in [2.05, 4.69) is 20.5 Å². The minimum absolute atomic E-state index is 0.106. The highest BCUT2D eigenvalue weighted by Gasteiger charge is 2.23. The van der Waals surface area contributed by atoms with Gasteiger partial charge in [-0.2, -0.15) is 16.8 Å². The van der Waals surface area contributed by atoms with E-state index in [-0.39, 0.29) is 33.5 Å². The van der Waals surface area contributed by atoms with E-state index in [1.54, 1.807) is 60.7 Å². The molecule has 6 rings (SSSR count). The van der Waals surface area contributed by atoms with Crippen LogP contribution < -0.4 is 11.5 Å². The van der Waals surface area contributed by atoms with Crippen LogP contribution in [0.25, 0.3) is 32.7 Å². The lowest BCUT2D eigenvalue weighted by molar-refractivity contribution is 0.482. The van der Waals surface area contributed by atoms with Crippen molar-refractivity contribution in [2.45, 2.75) is 37.5 Å². The van der Waals surface area contributed by atoms with Gasteiger partial charge in [0.25, 0.3) is 20.2 Å². The van der Waals surface area contributed by atoms with Crippen molar-refractivity contribution in [1.82, 2.24) is 0 Å². The van der Waals surface area contributed by atoms with Gasteiger partial charge in [0.05, 0.1) is 22.7 Å². The number of nitrogen functional groups attached to an aromatic ring is 2. The number of benzene rings is 6. The summed E-state index contributed by atoms with van der Waals surface area (Å²) in [7, 11) is -9.28. The zero-order valence-electron chi connectivity index (χ0n) is 27.4. The Morgan fingerprint density at radius 2 is 0.820 bits per heavy atom. The normalized spacial score (nSPS) is 12.5. The van der Waals surface area contributed by atoms with Gasteiger partial charge in [-0.1, -0.05) is 48.5 Å². The van der Waals surface area contributed by atoms with Gasteiger partial charge < -0.3 is 11.5 Å². The number of fused-ring (bicyclic) bond motifs is 2. The fourth-order valence-corrected chi connectivity index (χ4v) is 7.81. The molecule has 14 heteroatoms. The highest BCUT2D eigenvalue weighted by molar-refractivity contribution is 7.86. The van der Waals surface area contributed by atoms with E-state index in [1.807, 2.05) is 52.0 Å². The van der Waals surface area contributed by atoms with Crippen LogP contribution in [0.2, 0.25) is 0 Å². The fraction of sp³-hybridized carbons (Fsp3) is 0.111. The Bertz CT molecular complexity index is 2440. The third kappa shape index (κ3) is 6.44. The molecule has 0 atom stereocenters. The molecule has 0 spiro atoms. The maximum absolute atomic E-state index is 12.2. The summed E-state index contributed by atoms with van der Waals surface area (Å²) in [5, 5.41) is 19.1. The van der Waals surface area contributed by atoms with Crippen molar-refractivity contribution in [3.63, 3.8) is 0 Å². The first-order chi connectivity index (χ1) is 23.5. The van der Waals surface area contributed by atoms with Gasteiger partial charge >= 0.3 is 0 Å². The van der Waals surface area contributed by atoms with Crippen LogP contribution in [0, 0.1) is 27.7 Å². The first-order valence-electron chi connectivity index (χ1n) is 15.2. The molecule has 0 heterocycles. The standard InChI is InChI=1S/C36H32N6O6S2/c1-19-13-25(14-20(2)33(19)41-39-29-17-23-9-5-7-11-27(23)35(31(29)37)49(43,44)45)26-15-21(3)34(22(4)16-26)42-40-30-18-24-10-6-8-12-28(24)36(32(30)38)50(46,47)48/h5-18H,37-38H2,1-4H3,(H,43,44,45)(H,46,47,48). The van der Waals surface area contributed by atoms with E-state index >= 15 is 0 Å². The third-order valence-electron chi connectivity index (χ3n) is 8.38. The van der Waals surface area contributed by atoms with Crippen LogP contribution in [0.5, 0.6) is 0 Å². The van der Waals surface area contributed by atoms with Gasteiger partial charge in [-0.25, -0.2) is 0 Å². The second-order valence-electron chi connectivity index (χ2n) is 12.0. The van der Waals surface area contributed by atoms with Crippen molar-refractivity contribution < 1.29 is 25.9 Å². The zero-order valence-corrected chi connectivity index (χ0v) is 29.0. The van der Waals surface area contributed by atoms with Crippen LogP contribution in [0.4, 0.5) is 34.1 Å². The summed E-state index contributed by atoms with van der Waals surface area (Å²) < 4.78 is 68.6. The summed E-state index contributed by atoms with van der Waals surface area (Å²) in [6, 6.07) is 24.4. The Kier molecular flexibility index (Phi) is 8.74. The Morgan fingerprint density at radius 1 is 0.500 bits per heavy atom. The van der Waals surface area contributed by atoms with Gasteiger partial charge in [0, 0.05) is 10.8 Å². The molecule has 0 saturated carbocycles. The molecule has 6 aromatic rings. The van der Waals surface area contributed by atoms with E-state index in [9.17, 15) is 25.9 Å². The summed E-state index contributed by atoms with van der Waals surface area (Å²) in [4.78, 5) is -0.823. The minimum Gasteiger partial charge on any atom is -0.396 e. The summed E-state index contributed by atoms with van der Waals surface area (Å²) in [6.07, 6.45) is 0. The molecule has 50 heavy (non-hydrogen) atoms. The Morgan fingerprint density at radius 3 is 1.14 bits per heavy atom. The molecule has 0 amide bonds. The van der Waals surface area contributed by atoms with Crippen LogP contribution in [0.3, 0.4) is 0 Å². The number of hydrogen-bond donors (Lipinski definition) is 4. The quantitative estimate of drug-likeness (QED) is 0.0711. The van der Waals surface area contributed by atoms with Gasteiger partial charge in [-0.15, -0.1) is 20.5 Å². The number of nitrogens with two attached hydrogens (primary N) is 2. The second-order valence-corrected chi connectivity index (χ2v) is 14.7. The molecule has 0 bridgehead atoms. The molecule has 0 aromatic heterocycles. The maximum Gasteiger partial charge on any atom is 0.297 e. The Balaban J connectivity index is 1.34. The van der Waals surface area contributed by atoms with E-state index in [4.69, 9.17) is 11.5 Å². The summed E-state index contributed by atoms with van der Waals surface area (Å²) in [6.45, 7) is 7.54. The largest absolute Gasteiger partial charge is 0.396 e. The molecule has 0 saturated heterocycles. The van der Waals surface area contributed by atoms with Crippen molar-refractivity contribution in [1.29, 1.82) is 0 Å². The smallest absolute Gasteiger partial charge is 0.297 e. The van der Waals surface area contributed by atoms with E-state index < -0.39 is 30.0 Å². The highest BCUT2D eigenvalue weighted by atomic mass is 32.2. The predicted molar refractivity (Wildman–Crippen MR) is 196 cm³/mol. The van der Waals surface area contributed by atoms with Gasteiger partial charge in [0.2, 0.25) is 0 Å². The molecule has 6 N–H and O–H groups in total. The first-order valence-corrected chi connectivity index (χ1v) is 18.1. The number of aryl methyl sites for hydroxylation is 4. The molecule has 0 radical (unpaired) electrons. The van der Waals surface area contributed by atoms with Crippen molar-refractivity contribution >= 4 is 75.9 Å². The average molecular weight is 709 g/mol. The molecular weight excluding hydrogens is 677 g/mol. The molecule has 254 valence electrons. The predicted octanol–water partition coefficient (Wildman–Crippen LogP) is 9.38. The minimum atomic E-state index is -4.64. The van der Waals surface area contributed by atoms with Gasteiger partial charge in [0.15, 0.2) is 0 Å². The van der Waals surface area contributed by atoms with Crippen LogP contribution in [-0.4, -0.2) is 25.9 Å². The van der Waals surface area contributed by atoms with Gasteiger partial charge in [0.1, 0.15) is 21.2 Å². The summed E-state index contributed by atoms with van der Waals surface area (Å²) in [5.41, 5.74) is 18.3. The van der Waals surface area contributed by atoms with Gasteiger partial charge in [-0.05, 0) is 108 Å². The third-order valence-corrected chi connectivity index (χ3v) is 10.3. The molecule has 6 aromatic carbocycles. The highest BCUT2D eigenvalue weighted by Crippen LogP contribution is 2.41. The SMILES string of the molecule is Cc1cc(-c2cc(C)c(N=Nc3cc4ccccc4c(S(=O)(=O)O)c3N)c(C)c2)cc(C)c1N=Nc1cc2ccccc2c(S(=O)(=O)O)c1N. The van der Waals surface area contributed by atoms with Crippen molar-refractivity contribution in [2.24, 2.45) is 20.5 Å². The zero-order chi connectivity index (χ0) is 36.1. The van der Waals surface area contributed by atoms with Crippen LogP contribution in [0.15, 0.2) is 115 Å². The van der Waals surface area contributed by atoms with Crippen LogP contribution >= 0.6 is 0 Å². The number of nitrogens with zero attached hydrogens (tertiary/aromatic N) is 4. The summed E-state index contributed by atoms with van der Waals surface area (Å²) >= 11 is 0. The first kappa shape index (κ1) is 34.3. The molecular formula is C36H32N6O6S2. The van der Waals surface area contributed by atoms with E-state index in [0.29, 0.717) is 22.1 Å². The molecule has 0 aliphatic heterocycles. The van der Waals surface area contributed by atoms with Crippen molar-refractivity contribution in [3.05, 3.63) is 107 Å². The van der Waals surface area contributed by atoms with Crippen LogP contribution in [0.1, 0.15) is 22.3 Å². The van der Waals surface area contributed by atoms with Crippen molar-refractivity contribution in [2.75, 3.05) is 11.5 Å². The fourth-order valence-electron chi connectivity index (χ4n) is 6.12. The molecule has 0 fully saturated rings.